The number of rotatable bonds is 4. The molecule has 1 aliphatic heterocycles. The zero-order valence-corrected chi connectivity index (χ0v) is 13.5. The van der Waals surface area contributed by atoms with Crippen LogP contribution in [-0.2, 0) is 14.2 Å². The van der Waals surface area contributed by atoms with Crippen molar-refractivity contribution in [3.8, 4) is 6.07 Å². The SMILES string of the molecule is CO[C@H]1C[C@H](O[C@@H]2O[C@H](CO)[C@@H](O)[C@H](O)[C@H]2O)/C(=C/C#N)C(O)[C@H]1O. The monoisotopic (exact) mass is 361 g/mol. The van der Waals surface area contributed by atoms with Crippen LogP contribution in [-0.4, -0.2) is 99.5 Å². The molecule has 10 heteroatoms. The molecule has 25 heavy (non-hydrogen) atoms. The van der Waals surface area contributed by atoms with Gasteiger partial charge in [-0.15, -0.1) is 0 Å². The van der Waals surface area contributed by atoms with Crippen LogP contribution in [0.1, 0.15) is 6.42 Å². The molecule has 0 aromatic rings. The van der Waals surface area contributed by atoms with Gasteiger partial charge in [-0.2, -0.15) is 5.26 Å². The van der Waals surface area contributed by atoms with Gasteiger partial charge in [-0.3, -0.25) is 0 Å². The smallest absolute Gasteiger partial charge is 0.187 e. The summed E-state index contributed by atoms with van der Waals surface area (Å²) in [6.45, 7) is -0.613. The number of nitrogens with zero attached hydrogens (tertiary/aromatic N) is 1. The fourth-order valence-corrected chi connectivity index (χ4v) is 3.04. The van der Waals surface area contributed by atoms with Gasteiger partial charge in [0.05, 0.1) is 24.9 Å². The minimum atomic E-state index is -1.62. The molecular weight excluding hydrogens is 338 g/mol. The predicted octanol–water partition coefficient (Wildman–Crippen LogP) is -3.24. The lowest BCUT2D eigenvalue weighted by Crippen LogP contribution is -2.60. The number of methoxy groups -OCH3 is 1. The summed E-state index contributed by atoms with van der Waals surface area (Å²) in [4.78, 5) is 0. The summed E-state index contributed by atoms with van der Waals surface area (Å²) in [5, 5.41) is 67.9. The lowest BCUT2D eigenvalue weighted by atomic mass is 9.84. The van der Waals surface area contributed by atoms with Crippen LogP contribution in [0.3, 0.4) is 0 Å². The maximum atomic E-state index is 10.2. The second-order valence-corrected chi connectivity index (χ2v) is 6.04. The van der Waals surface area contributed by atoms with E-state index in [9.17, 15) is 30.6 Å². The first-order valence-electron chi connectivity index (χ1n) is 7.80. The zero-order valence-electron chi connectivity index (χ0n) is 13.5. The second kappa shape index (κ2) is 8.50. The summed E-state index contributed by atoms with van der Waals surface area (Å²) in [5.41, 5.74) is 0.0697. The highest BCUT2D eigenvalue weighted by Crippen LogP contribution is 2.32. The number of aliphatic hydroxyl groups is 6. The van der Waals surface area contributed by atoms with Crippen molar-refractivity contribution in [2.45, 2.75) is 61.5 Å². The summed E-state index contributed by atoms with van der Waals surface area (Å²) >= 11 is 0. The van der Waals surface area contributed by atoms with E-state index in [1.165, 1.54) is 7.11 Å². The molecule has 0 aromatic heterocycles. The number of nitriles is 1. The Labute approximate surface area is 144 Å². The third kappa shape index (κ3) is 4.01. The molecule has 9 atom stereocenters. The molecule has 1 saturated carbocycles. The average molecular weight is 361 g/mol. The molecule has 0 bridgehead atoms. The van der Waals surface area contributed by atoms with E-state index in [4.69, 9.17) is 19.5 Å². The second-order valence-electron chi connectivity index (χ2n) is 6.04. The minimum Gasteiger partial charge on any atom is -0.394 e. The zero-order chi connectivity index (χ0) is 18.7. The summed E-state index contributed by atoms with van der Waals surface area (Å²) < 4.78 is 15.9. The van der Waals surface area contributed by atoms with Crippen molar-refractivity contribution in [3.63, 3.8) is 0 Å². The highest BCUT2D eigenvalue weighted by atomic mass is 16.7. The van der Waals surface area contributed by atoms with Gasteiger partial charge in [-0.05, 0) is 0 Å². The Morgan fingerprint density at radius 3 is 2.40 bits per heavy atom. The molecule has 0 radical (unpaired) electrons. The highest BCUT2D eigenvalue weighted by molar-refractivity contribution is 5.26. The van der Waals surface area contributed by atoms with Gasteiger partial charge >= 0.3 is 0 Å². The fourth-order valence-electron chi connectivity index (χ4n) is 3.04. The summed E-state index contributed by atoms with van der Waals surface area (Å²) in [7, 11) is 1.34. The minimum absolute atomic E-state index is 0.0528. The number of hydrogen-bond acceptors (Lipinski definition) is 10. The molecule has 1 aliphatic carbocycles. The molecule has 2 fully saturated rings. The summed E-state index contributed by atoms with van der Waals surface area (Å²) in [5.74, 6) is 0. The van der Waals surface area contributed by atoms with E-state index < -0.39 is 61.7 Å². The van der Waals surface area contributed by atoms with Crippen molar-refractivity contribution in [2.24, 2.45) is 0 Å². The molecule has 0 spiro atoms. The van der Waals surface area contributed by atoms with Crippen LogP contribution in [0.25, 0.3) is 0 Å². The van der Waals surface area contributed by atoms with E-state index in [-0.39, 0.29) is 12.0 Å². The third-order valence-electron chi connectivity index (χ3n) is 4.54. The van der Waals surface area contributed by atoms with Gasteiger partial charge in [-0.1, -0.05) is 0 Å². The summed E-state index contributed by atoms with van der Waals surface area (Å²) in [6, 6.07) is 1.75. The van der Waals surface area contributed by atoms with Crippen LogP contribution in [0.15, 0.2) is 11.6 Å². The molecule has 0 aromatic carbocycles. The van der Waals surface area contributed by atoms with Crippen molar-refractivity contribution >= 4 is 0 Å². The van der Waals surface area contributed by atoms with Crippen molar-refractivity contribution < 1.29 is 44.8 Å². The van der Waals surface area contributed by atoms with Crippen LogP contribution >= 0.6 is 0 Å². The maximum absolute atomic E-state index is 10.2. The van der Waals surface area contributed by atoms with Crippen molar-refractivity contribution in [2.75, 3.05) is 13.7 Å². The van der Waals surface area contributed by atoms with Gasteiger partial charge in [0.2, 0.25) is 0 Å². The van der Waals surface area contributed by atoms with Crippen molar-refractivity contribution in [3.05, 3.63) is 11.6 Å². The average Bonchev–Trinajstić information content (AvgIpc) is 2.61. The molecule has 1 saturated heterocycles. The van der Waals surface area contributed by atoms with Crippen molar-refractivity contribution in [1.82, 2.24) is 0 Å². The topological polar surface area (TPSA) is 173 Å². The van der Waals surface area contributed by atoms with Gasteiger partial charge in [0.15, 0.2) is 6.29 Å². The number of aliphatic hydroxyl groups excluding tert-OH is 6. The Kier molecular flexibility index (Phi) is 6.86. The summed E-state index contributed by atoms with van der Waals surface area (Å²) in [6.07, 6.45) is -10.7. The Morgan fingerprint density at radius 2 is 1.84 bits per heavy atom. The fraction of sp³-hybridized carbons (Fsp3) is 0.800. The first-order chi connectivity index (χ1) is 11.8. The predicted molar refractivity (Wildman–Crippen MR) is 79.8 cm³/mol. The van der Waals surface area contributed by atoms with Gasteiger partial charge < -0.3 is 44.8 Å². The lowest BCUT2D eigenvalue weighted by Gasteiger charge is -2.43. The molecule has 142 valence electrons. The molecular formula is C15H23NO9. The van der Waals surface area contributed by atoms with E-state index in [1.807, 2.05) is 0 Å². The standard InChI is InChI=1S/C15H23NO9/c1-23-8-4-7(6(2-3-16)10(18)11(8)19)24-15-14(22)13(21)12(20)9(5-17)25-15/h2,7-15,17-22H,4-5H2,1H3/b6-2-/t7-,8-,9+,10?,11-,12+,13-,14+,15+/m0/s1. The van der Waals surface area contributed by atoms with E-state index in [0.717, 1.165) is 6.08 Å². The van der Waals surface area contributed by atoms with E-state index in [2.05, 4.69) is 0 Å². The molecule has 2 rings (SSSR count). The first kappa shape index (κ1) is 20.2. The van der Waals surface area contributed by atoms with E-state index in [1.54, 1.807) is 6.07 Å². The first-order valence-corrected chi connectivity index (χ1v) is 7.80. The Morgan fingerprint density at radius 1 is 1.16 bits per heavy atom. The largest absolute Gasteiger partial charge is 0.394 e. The van der Waals surface area contributed by atoms with Gasteiger partial charge in [0, 0.05) is 25.2 Å². The molecule has 2 aliphatic rings. The number of hydrogen-bond donors (Lipinski definition) is 6. The van der Waals surface area contributed by atoms with Crippen LogP contribution in [0, 0.1) is 11.3 Å². The molecule has 10 nitrogen and oxygen atoms in total. The molecule has 6 N–H and O–H groups in total. The van der Waals surface area contributed by atoms with Crippen LogP contribution in [0.5, 0.6) is 0 Å². The lowest BCUT2D eigenvalue weighted by molar-refractivity contribution is -0.312. The van der Waals surface area contributed by atoms with Gasteiger partial charge in [0.25, 0.3) is 0 Å². The Balaban J connectivity index is 2.20. The Bertz CT molecular complexity index is 520. The van der Waals surface area contributed by atoms with Crippen LogP contribution in [0.2, 0.25) is 0 Å². The normalized spacial score (nSPS) is 46.8. The van der Waals surface area contributed by atoms with Crippen LogP contribution < -0.4 is 0 Å². The van der Waals surface area contributed by atoms with Gasteiger partial charge in [-0.25, -0.2) is 0 Å². The van der Waals surface area contributed by atoms with Crippen molar-refractivity contribution in [1.29, 1.82) is 5.26 Å². The number of allylic oxidation sites excluding steroid dienone is 1. The Hall–Kier alpha value is -1.13. The van der Waals surface area contributed by atoms with Crippen LogP contribution in [0.4, 0.5) is 0 Å². The van der Waals surface area contributed by atoms with E-state index >= 15 is 0 Å². The highest BCUT2D eigenvalue weighted by Gasteiger charge is 2.47. The molecule has 0 amide bonds. The molecule has 1 unspecified atom stereocenters. The quantitative estimate of drug-likeness (QED) is 0.279. The maximum Gasteiger partial charge on any atom is 0.187 e. The number of ether oxygens (including phenoxy) is 3. The van der Waals surface area contributed by atoms with Gasteiger partial charge in [0.1, 0.15) is 36.6 Å². The third-order valence-corrected chi connectivity index (χ3v) is 4.54. The molecule has 1 heterocycles. The van der Waals surface area contributed by atoms with E-state index in [0.29, 0.717) is 0 Å².